The first-order chi connectivity index (χ1) is 9.76. The van der Waals surface area contributed by atoms with E-state index in [1.54, 1.807) is 27.9 Å². The molecule has 1 atom stereocenters. The van der Waals surface area contributed by atoms with Crippen molar-refractivity contribution in [3.63, 3.8) is 0 Å². The Morgan fingerprint density at radius 3 is 2.24 bits per heavy atom. The van der Waals surface area contributed by atoms with Crippen LogP contribution in [-0.4, -0.2) is 37.9 Å². The molecule has 0 aromatic carbocycles. The Morgan fingerprint density at radius 1 is 1.19 bits per heavy atom. The van der Waals surface area contributed by atoms with E-state index in [-0.39, 0.29) is 0 Å². The van der Waals surface area contributed by atoms with Crippen LogP contribution in [0.25, 0.3) is 0 Å². The second-order valence-corrected chi connectivity index (χ2v) is 5.99. The number of carbonyl (C=O) groups excluding carboxylic acids is 2. The number of esters is 1. The van der Waals surface area contributed by atoms with Gasteiger partial charge in [0.15, 0.2) is 0 Å². The minimum atomic E-state index is -0.741. The minimum Gasteiger partial charge on any atom is -0.501 e. The number of carbonyl (C=O) groups is 2. The standard InChI is InChI=1S/C15H25NO5/c1-15(2,3)21-14(18)16-11(13(17)20-5)8-9-12(19-4)10-6-7-10/h11H,6-9H2,1-5H3,(H,16,18). The molecule has 0 aliphatic heterocycles. The lowest BCUT2D eigenvalue weighted by atomic mass is 10.1. The monoisotopic (exact) mass is 299 g/mol. The third kappa shape index (κ3) is 6.51. The van der Waals surface area contributed by atoms with Gasteiger partial charge in [0.25, 0.3) is 0 Å². The van der Waals surface area contributed by atoms with Gasteiger partial charge in [-0.05, 0) is 45.6 Å². The molecule has 0 radical (unpaired) electrons. The molecular formula is C15H25NO5. The van der Waals surface area contributed by atoms with Crippen LogP contribution in [0, 0.1) is 0 Å². The van der Waals surface area contributed by atoms with Gasteiger partial charge >= 0.3 is 12.1 Å². The van der Waals surface area contributed by atoms with Gasteiger partial charge in [0.2, 0.25) is 0 Å². The zero-order chi connectivity index (χ0) is 16.0. The molecule has 1 saturated carbocycles. The molecule has 1 aliphatic carbocycles. The number of rotatable bonds is 6. The molecule has 1 amide bonds. The molecule has 0 aromatic heterocycles. The number of hydrogen-bond acceptors (Lipinski definition) is 5. The molecule has 21 heavy (non-hydrogen) atoms. The normalized spacial score (nSPS) is 15.0. The minimum absolute atomic E-state index is 0.415. The highest BCUT2D eigenvalue weighted by atomic mass is 16.6. The molecular weight excluding hydrogens is 274 g/mol. The average molecular weight is 299 g/mol. The topological polar surface area (TPSA) is 73.9 Å². The summed E-state index contributed by atoms with van der Waals surface area (Å²) in [6.45, 7) is 5.29. The third-order valence-corrected chi connectivity index (χ3v) is 2.98. The molecule has 0 heterocycles. The van der Waals surface area contributed by atoms with Crippen LogP contribution in [0.15, 0.2) is 11.3 Å². The number of hydrogen-bond donors (Lipinski definition) is 1. The maximum absolute atomic E-state index is 11.8. The average Bonchev–Trinajstić information content (AvgIpc) is 3.19. The summed E-state index contributed by atoms with van der Waals surface area (Å²) in [5, 5.41) is 2.55. The fraction of sp³-hybridized carbons (Fsp3) is 0.733. The highest BCUT2D eigenvalue weighted by molar-refractivity contribution is 5.81. The van der Waals surface area contributed by atoms with E-state index in [9.17, 15) is 9.59 Å². The second kappa shape index (κ2) is 7.33. The van der Waals surface area contributed by atoms with Gasteiger partial charge in [-0.25, -0.2) is 9.59 Å². The van der Waals surface area contributed by atoms with E-state index in [0.717, 1.165) is 18.6 Å². The summed E-state index contributed by atoms with van der Waals surface area (Å²) in [7, 11) is 2.91. The number of methoxy groups -OCH3 is 2. The Kier molecular flexibility index (Phi) is 6.05. The lowest BCUT2D eigenvalue weighted by molar-refractivity contribution is -0.143. The number of alkyl carbamates (subject to hydrolysis) is 1. The molecule has 1 aliphatic rings. The molecule has 0 bridgehead atoms. The number of ether oxygens (including phenoxy) is 3. The lowest BCUT2D eigenvalue weighted by Crippen LogP contribution is -2.44. The molecule has 6 heteroatoms. The quantitative estimate of drug-likeness (QED) is 0.602. The van der Waals surface area contributed by atoms with Gasteiger partial charge in [0, 0.05) is 6.42 Å². The van der Waals surface area contributed by atoms with Gasteiger partial charge in [-0.2, -0.15) is 0 Å². The van der Waals surface area contributed by atoms with Crippen molar-refractivity contribution in [3.8, 4) is 0 Å². The van der Waals surface area contributed by atoms with Crippen molar-refractivity contribution in [1.29, 1.82) is 0 Å². The number of amides is 1. The van der Waals surface area contributed by atoms with Crippen LogP contribution in [-0.2, 0) is 19.0 Å². The fourth-order valence-corrected chi connectivity index (χ4v) is 1.88. The van der Waals surface area contributed by atoms with Crippen molar-refractivity contribution in [2.45, 2.75) is 58.1 Å². The van der Waals surface area contributed by atoms with Crippen molar-refractivity contribution in [2.75, 3.05) is 14.2 Å². The van der Waals surface area contributed by atoms with Gasteiger partial charge < -0.3 is 19.5 Å². The first kappa shape index (κ1) is 17.3. The molecule has 0 aromatic rings. The van der Waals surface area contributed by atoms with Crippen LogP contribution in [0.4, 0.5) is 4.79 Å². The summed E-state index contributed by atoms with van der Waals surface area (Å²) in [6.07, 6.45) is 2.47. The van der Waals surface area contributed by atoms with Crippen molar-refractivity contribution in [2.24, 2.45) is 0 Å². The molecule has 1 unspecified atom stereocenters. The summed E-state index contributed by atoms with van der Waals surface area (Å²) in [6, 6.07) is -0.741. The van der Waals surface area contributed by atoms with E-state index >= 15 is 0 Å². The van der Waals surface area contributed by atoms with E-state index in [1.165, 1.54) is 12.7 Å². The first-order valence-corrected chi connectivity index (χ1v) is 7.09. The largest absolute Gasteiger partial charge is 0.501 e. The fourth-order valence-electron chi connectivity index (χ4n) is 1.88. The second-order valence-electron chi connectivity index (χ2n) is 5.99. The lowest BCUT2D eigenvalue weighted by Gasteiger charge is -2.22. The molecule has 6 nitrogen and oxygen atoms in total. The number of nitrogens with one attached hydrogen (secondary N) is 1. The third-order valence-electron chi connectivity index (χ3n) is 2.98. The Bertz CT molecular complexity index is 416. The maximum Gasteiger partial charge on any atom is 0.408 e. The smallest absolute Gasteiger partial charge is 0.408 e. The molecule has 1 fully saturated rings. The maximum atomic E-state index is 11.8. The summed E-state index contributed by atoms with van der Waals surface area (Å²) in [5.74, 6) is 0.409. The van der Waals surface area contributed by atoms with E-state index < -0.39 is 23.7 Å². The molecule has 0 saturated heterocycles. The first-order valence-electron chi connectivity index (χ1n) is 7.09. The predicted molar refractivity (Wildman–Crippen MR) is 77.7 cm³/mol. The number of allylic oxidation sites excluding steroid dienone is 2. The van der Waals surface area contributed by atoms with Crippen molar-refractivity contribution >= 4 is 12.1 Å². The van der Waals surface area contributed by atoms with E-state index in [1.807, 2.05) is 0 Å². The zero-order valence-electron chi connectivity index (χ0n) is 13.4. The van der Waals surface area contributed by atoms with Crippen molar-refractivity contribution in [3.05, 3.63) is 11.3 Å². The Hall–Kier alpha value is -1.72. The van der Waals surface area contributed by atoms with E-state index in [4.69, 9.17) is 14.2 Å². The van der Waals surface area contributed by atoms with Crippen molar-refractivity contribution < 1.29 is 23.8 Å². The van der Waals surface area contributed by atoms with Crippen LogP contribution >= 0.6 is 0 Å². The summed E-state index contributed by atoms with van der Waals surface area (Å²) in [4.78, 5) is 23.5. The van der Waals surface area contributed by atoms with Gasteiger partial charge in [0.1, 0.15) is 11.6 Å². The SMILES string of the molecule is COC(=O)C(CCC(OC)=C1CC1)NC(=O)OC(C)(C)C. The molecule has 1 N–H and O–H groups in total. The predicted octanol–water partition coefficient (Wildman–Crippen LogP) is 2.53. The van der Waals surface area contributed by atoms with Crippen LogP contribution in [0.2, 0.25) is 0 Å². The van der Waals surface area contributed by atoms with Gasteiger partial charge in [-0.3, -0.25) is 0 Å². The molecule has 120 valence electrons. The summed E-state index contributed by atoms with van der Waals surface area (Å²) >= 11 is 0. The molecule has 0 spiro atoms. The van der Waals surface area contributed by atoms with Crippen LogP contribution in [0.3, 0.4) is 0 Å². The summed E-state index contributed by atoms with van der Waals surface area (Å²) < 4.78 is 15.2. The van der Waals surface area contributed by atoms with Crippen molar-refractivity contribution in [1.82, 2.24) is 5.32 Å². The van der Waals surface area contributed by atoms with E-state index in [2.05, 4.69) is 5.32 Å². The highest BCUT2D eigenvalue weighted by Crippen LogP contribution is 2.33. The Balaban J connectivity index is 2.58. The van der Waals surface area contributed by atoms with Gasteiger partial charge in [-0.1, -0.05) is 0 Å². The van der Waals surface area contributed by atoms with Gasteiger partial charge in [0.05, 0.1) is 20.0 Å². The Morgan fingerprint density at radius 2 is 1.81 bits per heavy atom. The van der Waals surface area contributed by atoms with Crippen LogP contribution < -0.4 is 5.32 Å². The Labute approximate surface area is 125 Å². The van der Waals surface area contributed by atoms with Crippen LogP contribution in [0.1, 0.15) is 46.5 Å². The van der Waals surface area contributed by atoms with Crippen LogP contribution in [0.5, 0.6) is 0 Å². The molecule has 1 rings (SSSR count). The zero-order valence-corrected chi connectivity index (χ0v) is 13.4. The highest BCUT2D eigenvalue weighted by Gasteiger charge is 2.26. The van der Waals surface area contributed by atoms with Gasteiger partial charge in [-0.15, -0.1) is 0 Å². The van der Waals surface area contributed by atoms with E-state index in [0.29, 0.717) is 12.8 Å². The summed E-state index contributed by atoms with van der Waals surface area (Å²) in [5.41, 5.74) is 0.664.